The summed E-state index contributed by atoms with van der Waals surface area (Å²) in [5.41, 5.74) is 13.7. The highest BCUT2D eigenvalue weighted by Gasteiger charge is 2.42. The molecule has 0 unspecified atom stereocenters. The minimum Gasteiger partial charge on any atom is -0.452 e. The molecule has 7 aromatic carbocycles. The number of ether oxygens (including phenoxy) is 1. The smallest absolute Gasteiger partial charge is 0.159 e. The topological polar surface area (TPSA) is 15.7 Å². The van der Waals surface area contributed by atoms with E-state index in [4.69, 9.17) is 4.74 Å². The molecule has 2 aliphatic heterocycles. The predicted octanol–water partition coefficient (Wildman–Crippen LogP) is 12.7. The minimum absolute atomic E-state index is 0.179. The first-order chi connectivity index (χ1) is 23.6. The second kappa shape index (κ2) is 11.0. The van der Waals surface area contributed by atoms with Crippen LogP contribution in [-0.4, -0.2) is 0 Å². The Kier molecular flexibility index (Phi) is 6.48. The van der Waals surface area contributed by atoms with E-state index in [1.54, 1.807) is 0 Å². The van der Waals surface area contributed by atoms with Crippen molar-refractivity contribution < 1.29 is 4.74 Å². The van der Waals surface area contributed by atoms with Crippen molar-refractivity contribution in [3.05, 3.63) is 181 Å². The van der Waals surface area contributed by atoms with Gasteiger partial charge >= 0.3 is 0 Å². The number of nitrogens with zero attached hydrogens (tertiary/aromatic N) is 2. The van der Waals surface area contributed by atoms with Crippen LogP contribution in [0.4, 0.5) is 34.1 Å². The zero-order chi connectivity index (χ0) is 32.2. The van der Waals surface area contributed by atoms with Gasteiger partial charge in [-0.3, -0.25) is 0 Å². The van der Waals surface area contributed by atoms with Crippen molar-refractivity contribution in [2.75, 3.05) is 9.80 Å². The van der Waals surface area contributed by atoms with E-state index in [1.165, 1.54) is 27.9 Å². The van der Waals surface area contributed by atoms with E-state index in [2.05, 4.69) is 187 Å². The average molecular weight is 619 g/mol. The molecule has 0 saturated heterocycles. The summed E-state index contributed by atoms with van der Waals surface area (Å²) in [7, 11) is 0. The number of fused-ring (bicyclic) bond motifs is 4. The lowest BCUT2D eigenvalue weighted by Gasteiger charge is -2.45. The summed E-state index contributed by atoms with van der Waals surface area (Å²) in [6.45, 7) is 4.64. The molecule has 0 radical (unpaired) electrons. The molecule has 0 saturated carbocycles. The van der Waals surface area contributed by atoms with Crippen molar-refractivity contribution in [2.24, 2.45) is 0 Å². The molecule has 0 atom stereocenters. The van der Waals surface area contributed by atoms with Gasteiger partial charge in [-0.1, -0.05) is 129 Å². The highest BCUT2D eigenvalue weighted by Crippen LogP contribution is 2.61. The molecular formula is C45H34N2O. The average Bonchev–Trinajstić information content (AvgIpc) is 3.15. The summed E-state index contributed by atoms with van der Waals surface area (Å²) >= 11 is 0. The van der Waals surface area contributed by atoms with E-state index < -0.39 is 0 Å². The summed E-state index contributed by atoms with van der Waals surface area (Å²) < 4.78 is 6.83. The van der Waals surface area contributed by atoms with Crippen LogP contribution in [0.15, 0.2) is 170 Å². The van der Waals surface area contributed by atoms with Gasteiger partial charge in [0, 0.05) is 28.0 Å². The van der Waals surface area contributed by atoms with E-state index in [9.17, 15) is 0 Å². The molecule has 0 amide bonds. The summed E-state index contributed by atoms with van der Waals surface area (Å²) in [6, 6.07) is 60.4. The molecule has 2 aliphatic rings. The van der Waals surface area contributed by atoms with Crippen LogP contribution in [0.2, 0.25) is 0 Å². The Balaban J connectivity index is 1.14. The second-order valence-electron chi connectivity index (χ2n) is 13.0. The lowest BCUT2D eigenvalue weighted by molar-refractivity contribution is 0.473. The first kappa shape index (κ1) is 28.2. The largest absolute Gasteiger partial charge is 0.452 e. The summed E-state index contributed by atoms with van der Waals surface area (Å²) in [4.78, 5) is 4.71. The van der Waals surface area contributed by atoms with Gasteiger partial charge in [-0.05, 0) is 82.4 Å². The van der Waals surface area contributed by atoms with Crippen LogP contribution < -0.4 is 14.5 Å². The lowest BCUT2D eigenvalue weighted by Crippen LogP contribution is -2.32. The molecule has 9 rings (SSSR count). The molecule has 230 valence electrons. The van der Waals surface area contributed by atoms with Crippen molar-refractivity contribution in [1.29, 1.82) is 0 Å². The summed E-state index contributed by atoms with van der Waals surface area (Å²) in [5.74, 6) is 1.77. The van der Waals surface area contributed by atoms with Gasteiger partial charge in [0.2, 0.25) is 0 Å². The van der Waals surface area contributed by atoms with Crippen LogP contribution in [0.25, 0.3) is 22.3 Å². The first-order valence-electron chi connectivity index (χ1n) is 16.5. The number of hydrogen-bond acceptors (Lipinski definition) is 3. The molecule has 0 aromatic heterocycles. The first-order valence-corrected chi connectivity index (χ1v) is 16.5. The maximum atomic E-state index is 6.83. The van der Waals surface area contributed by atoms with Gasteiger partial charge in [-0.25, -0.2) is 0 Å². The van der Waals surface area contributed by atoms with E-state index in [0.29, 0.717) is 0 Å². The standard InChI is InChI=1S/C45H34N2O/c1-45(2)38-17-9-10-18-40(38)47-41-19-11-12-20-42(41)48-44-37(29-30-39(45)43(44)47)33-23-27-36(28-24-33)46(34-15-7-4-8-16-34)35-25-21-32(22-26-35)31-13-5-3-6-14-31/h3-30H,1-2H3. The molecule has 2 heterocycles. The predicted molar refractivity (Wildman–Crippen MR) is 199 cm³/mol. The van der Waals surface area contributed by atoms with Crippen LogP contribution in [0, 0.1) is 0 Å². The second-order valence-corrected chi connectivity index (χ2v) is 13.0. The highest BCUT2D eigenvalue weighted by molar-refractivity contribution is 5.97. The molecule has 48 heavy (non-hydrogen) atoms. The third-order valence-corrected chi connectivity index (χ3v) is 9.85. The maximum Gasteiger partial charge on any atom is 0.159 e. The fourth-order valence-corrected chi connectivity index (χ4v) is 7.43. The Bertz CT molecular complexity index is 2270. The van der Waals surface area contributed by atoms with Crippen molar-refractivity contribution in [3.63, 3.8) is 0 Å². The Morgan fingerprint density at radius 3 is 1.71 bits per heavy atom. The van der Waals surface area contributed by atoms with Crippen molar-refractivity contribution in [3.8, 4) is 33.8 Å². The Morgan fingerprint density at radius 2 is 1.00 bits per heavy atom. The number of rotatable bonds is 5. The van der Waals surface area contributed by atoms with Crippen LogP contribution in [0.1, 0.15) is 25.0 Å². The third-order valence-electron chi connectivity index (χ3n) is 9.85. The fourth-order valence-electron chi connectivity index (χ4n) is 7.43. The number of benzene rings is 7. The Hall–Kier alpha value is -6.06. The maximum absolute atomic E-state index is 6.83. The molecule has 0 N–H and O–H groups in total. The molecule has 3 heteroatoms. The SMILES string of the molecule is CC1(C)c2ccccc2N2c3ccccc3Oc3c(-c4ccc(N(c5ccccc5)c5ccc(-c6ccccc6)cc5)cc4)ccc1c32. The third kappa shape index (κ3) is 4.43. The molecule has 0 bridgehead atoms. The monoisotopic (exact) mass is 618 g/mol. The molecule has 7 aromatic rings. The molecular weight excluding hydrogens is 585 g/mol. The van der Waals surface area contributed by atoms with E-state index in [0.717, 1.165) is 51.1 Å². The van der Waals surface area contributed by atoms with Crippen LogP contribution in [0.3, 0.4) is 0 Å². The van der Waals surface area contributed by atoms with Gasteiger partial charge < -0.3 is 14.5 Å². The summed E-state index contributed by atoms with van der Waals surface area (Å²) in [5, 5.41) is 0. The summed E-state index contributed by atoms with van der Waals surface area (Å²) in [6.07, 6.45) is 0. The van der Waals surface area contributed by atoms with Gasteiger partial charge in [0.25, 0.3) is 0 Å². The van der Waals surface area contributed by atoms with Crippen molar-refractivity contribution in [1.82, 2.24) is 0 Å². The minimum atomic E-state index is -0.179. The van der Waals surface area contributed by atoms with Gasteiger partial charge in [0.15, 0.2) is 11.5 Å². The normalized spacial score (nSPS) is 13.5. The number of hydrogen-bond donors (Lipinski definition) is 0. The molecule has 0 fully saturated rings. The molecule has 3 nitrogen and oxygen atoms in total. The van der Waals surface area contributed by atoms with Crippen molar-refractivity contribution >= 4 is 34.1 Å². The highest BCUT2D eigenvalue weighted by atomic mass is 16.5. The lowest BCUT2D eigenvalue weighted by atomic mass is 9.72. The Morgan fingerprint density at radius 1 is 0.458 bits per heavy atom. The van der Waals surface area contributed by atoms with Crippen LogP contribution >= 0.6 is 0 Å². The number of anilines is 6. The number of para-hydroxylation sites is 4. The zero-order valence-corrected chi connectivity index (χ0v) is 27.0. The molecule has 0 spiro atoms. The quantitative estimate of drug-likeness (QED) is 0.191. The van der Waals surface area contributed by atoms with E-state index in [-0.39, 0.29) is 5.41 Å². The van der Waals surface area contributed by atoms with Gasteiger partial charge in [-0.2, -0.15) is 0 Å². The van der Waals surface area contributed by atoms with Crippen LogP contribution in [-0.2, 0) is 5.41 Å². The van der Waals surface area contributed by atoms with E-state index in [1.807, 2.05) is 6.07 Å². The Labute approximate surface area is 281 Å². The molecule has 0 aliphatic carbocycles. The van der Waals surface area contributed by atoms with E-state index >= 15 is 0 Å². The van der Waals surface area contributed by atoms with Gasteiger partial charge in [0.05, 0.1) is 17.1 Å². The van der Waals surface area contributed by atoms with Gasteiger partial charge in [0.1, 0.15) is 0 Å². The zero-order valence-electron chi connectivity index (χ0n) is 27.0. The fraction of sp³-hybridized carbons (Fsp3) is 0.0667. The van der Waals surface area contributed by atoms with Crippen LogP contribution in [0.5, 0.6) is 11.5 Å². The van der Waals surface area contributed by atoms with Crippen molar-refractivity contribution in [2.45, 2.75) is 19.3 Å². The van der Waals surface area contributed by atoms with Gasteiger partial charge in [-0.15, -0.1) is 0 Å².